The summed E-state index contributed by atoms with van der Waals surface area (Å²) in [4.78, 5) is 2.25. The normalized spacial score (nSPS) is 11.1. The van der Waals surface area contributed by atoms with Gasteiger partial charge in [-0.05, 0) is 25.1 Å². The summed E-state index contributed by atoms with van der Waals surface area (Å²) in [6.45, 7) is 2.36. The zero-order valence-electron chi connectivity index (χ0n) is 10.8. The molecule has 3 heteroatoms. The van der Waals surface area contributed by atoms with Gasteiger partial charge in [0, 0.05) is 18.7 Å². The molecule has 0 saturated heterocycles. The van der Waals surface area contributed by atoms with E-state index in [1.54, 1.807) is 6.26 Å². The number of hydrogen-bond donors (Lipinski definition) is 1. The fourth-order valence-electron chi connectivity index (χ4n) is 1.98. The highest BCUT2D eigenvalue weighted by Gasteiger charge is 2.08. The van der Waals surface area contributed by atoms with Gasteiger partial charge < -0.3 is 10.2 Å². The molecule has 0 saturated carbocycles. The van der Waals surface area contributed by atoms with E-state index in [0.29, 0.717) is 6.54 Å². The van der Waals surface area contributed by atoms with E-state index in [1.807, 2.05) is 12.1 Å². The molecule has 0 aliphatic carbocycles. The van der Waals surface area contributed by atoms with Crippen LogP contribution in [0.2, 0.25) is 0 Å². The maximum Gasteiger partial charge on any atom is 0.122 e. The summed E-state index contributed by atoms with van der Waals surface area (Å²) in [6.07, 6.45) is 2.76. The second-order valence-corrected chi connectivity index (χ2v) is 4.55. The third-order valence-electron chi connectivity index (χ3n) is 3.10. The van der Waals surface area contributed by atoms with Gasteiger partial charge in [0.25, 0.3) is 0 Å². The molecule has 18 heavy (non-hydrogen) atoms. The molecule has 2 N–H and O–H groups in total. The van der Waals surface area contributed by atoms with Gasteiger partial charge >= 0.3 is 0 Å². The summed E-state index contributed by atoms with van der Waals surface area (Å²) >= 11 is 0. The zero-order valence-corrected chi connectivity index (χ0v) is 10.8. The summed E-state index contributed by atoms with van der Waals surface area (Å²) in [5, 5.41) is 0. The first-order valence-corrected chi connectivity index (χ1v) is 6.27. The Morgan fingerprint density at radius 1 is 1.17 bits per heavy atom. The van der Waals surface area contributed by atoms with Gasteiger partial charge in [-0.15, -0.1) is 0 Å². The average molecular weight is 244 g/mol. The van der Waals surface area contributed by atoms with E-state index in [2.05, 4.69) is 36.2 Å². The van der Waals surface area contributed by atoms with Crippen LogP contribution in [0, 0.1) is 0 Å². The minimum absolute atomic E-state index is 0.540. The number of benzene rings is 1. The quantitative estimate of drug-likeness (QED) is 0.848. The van der Waals surface area contributed by atoms with Gasteiger partial charge in [0.05, 0.1) is 12.8 Å². The van der Waals surface area contributed by atoms with Gasteiger partial charge in [-0.3, -0.25) is 4.90 Å². The molecule has 0 amide bonds. The summed E-state index contributed by atoms with van der Waals surface area (Å²) in [5.41, 5.74) is 8.12. The van der Waals surface area contributed by atoms with Crippen LogP contribution in [0.1, 0.15) is 16.9 Å². The molecule has 0 aliphatic heterocycles. The molecule has 3 nitrogen and oxygen atoms in total. The van der Waals surface area contributed by atoms with Crippen molar-refractivity contribution in [1.29, 1.82) is 0 Å². The van der Waals surface area contributed by atoms with Gasteiger partial charge in [0.1, 0.15) is 5.76 Å². The number of likely N-dealkylation sites (N-methyl/N-ethyl adjacent to an activating group) is 1. The average Bonchev–Trinajstić information content (AvgIpc) is 2.85. The highest BCUT2D eigenvalue weighted by Crippen LogP contribution is 2.12. The molecule has 2 rings (SSSR count). The molecule has 0 fully saturated rings. The van der Waals surface area contributed by atoms with Crippen LogP contribution in [0.15, 0.2) is 47.1 Å². The first-order chi connectivity index (χ1) is 8.79. The SMILES string of the molecule is CN(CCc1ccccc1)Cc1occc1CN. The maximum atomic E-state index is 5.66. The van der Waals surface area contributed by atoms with Crippen molar-refractivity contribution in [2.45, 2.75) is 19.5 Å². The first kappa shape index (κ1) is 12.9. The van der Waals surface area contributed by atoms with Crippen LogP contribution >= 0.6 is 0 Å². The summed E-state index contributed by atoms with van der Waals surface area (Å²) in [7, 11) is 2.10. The zero-order chi connectivity index (χ0) is 12.8. The molecule has 0 spiro atoms. The molecule has 1 heterocycles. The molecule has 1 aromatic carbocycles. The van der Waals surface area contributed by atoms with Gasteiger partial charge in [-0.1, -0.05) is 30.3 Å². The van der Waals surface area contributed by atoms with Crippen molar-refractivity contribution in [3.05, 3.63) is 59.5 Å². The molecule has 0 bridgehead atoms. The van der Waals surface area contributed by atoms with Crippen LogP contribution < -0.4 is 5.73 Å². The van der Waals surface area contributed by atoms with Crippen LogP contribution in [0.4, 0.5) is 0 Å². The fourth-order valence-corrected chi connectivity index (χ4v) is 1.98. The minimum Gasteiger partial charge on any atom is -0.468 e. The van der Waals surface area contributed by atoms with Crippen molar-refractivity contribution in [3.63, 3.8) is 0 Å². The van der Waals surface area contributed by atoms with Crippen molar-refractivity contribution >= 4 is 0 Å². The van der Waals surface area contributed by atoms with E-state index in [0.717, 1.165) is 30.8 Å². The fraction of sp³-hybridized carbons (Fsp3) is 0.333. The third-order valence-corrected chi connectivity index (χ3v) is 3.10. The lowest BCUT2D eigenvalue weighted by Gasteiger charge is -2.15. The third kappa shape index (κ3) is 3.45. The van der Waals surface area contributed by atoms with Crippen molar-refractivity contribution in [3.8, 4) is 0 Å². The van der Waals surface area contributed by atoms with Crippen molar-refractivity contribution in [2.24, 2.45) is 5.73 Å². The Bertz CT molecular complexity index is 464. The van der Waals surface area contributed by atoms with E-state index < -0.39 is 0 Å². The Balaban J connectivity index is 1.84. The lowest BCUT2D eigenvalue weighted by atomic mass is 10.1. The highest BCUT2D eigenvalue weighted by molar-refractivity contribution is 5.17. The smallest absolute Gasteiger partial charge is 0.122 e. The standard InChI is InChI=1S/C15H20N2O/c1-17(9-7-13-5-3-2-4-6-13)12-15-14(11-16)8-10-18-15/h2-6,8,10H,7,9,11-12,16H2,1H3. The van der Waals surface area contributed by atoms with Crippen molar-refractivity contribution < 1.29 is 4.42 Å². The molecule has 0 atom stereocenters. The lowest BCUT2D eigenvalue weighted by molar-refractivity contribution is 0.296. The Labute approximate surface area is 108 Å². The van der Waals surface area contributed by atoms with Gasteiger partial charge in [0.2, 0.25) is 0 Å². The number of rotatable bonds is 6. The number of nitrogens with two attached hydrogens (primary N) is 1. The Kier molecular flexibility index (Phi) is 4.56. The summed E-state index contributed by atoms with van der Waals surface area (Å²) in [6, 6.07) is 12.5. The lowest BCUT2D eigenvalue weighted by Crippen LogP contribution is -2.21. The van der Waals surface area contributed by atoms with Crippen LogP contribution in [-0.4, -0.2) is 18.5 Å². The molecule has 2 aromatic rings. The predicted molar refractivity (Wildman–Crippen MR) is 73.1 cm³/mol. The molecule has 0 unspecified atom stereocenters. The number of nitrogens with zero attached hydrogens (tertiary/aromatic N) is 1. The molecular weight excluding hydrogens is 224 g/mol. The van der Waals surface area contributed by atoms with E-state index in [9.17, 15) is 0 Å². The minimum atomic E-state index is 0.540. The van der Waals surface area contributed by atoms with Gasteiger partial charge in [-0.2, -0.15) is 0 Å². The largest absolute Gasteiger partial charge is 0.468 e. The van der Waals surface area contributed by atoms with Crippen LogP contribution in [0.3, 0.4) is 0 Å². The van der Waals surface area contributed by atoms with Crippen molar-refractivity contribution in [2.75, 3.05) is 13.6 Å². The second kappa shape index (κ2) is 6.38. The summed E-state index contributed by atoms with van der Waals surface area (Å²) in [5.74, 6) is 0.980. The molecule has 96 valence electrons. The van der Waals surface area contributed by atoms with Crippen molar-refractivity contribution in [1.82, 2.24) is 4.90 Å². The molecule has 0 radical (unpaired) electrons. The van der Waals surface area contributed by atoms with Crippen LogP contribution in [0.5, 0.6) is 0 Å². The van der Waals surface area contributed by atoms with E-state index >= 15 is 0 Å². The first-order valence-electron chi connectivity index (χ1n) is 6.27. The predicted octanol–water partition coefficient (Wildman–Crippen LogP) is 2.41. The number of hydrogen-bond acceptors (Lipinski definition) is 3. The van der Waals surface area contributed by atoms with E-state index in [-0.39, 0.29) is 0 Å². The van der Waals surface area contributed by atoms with Crippen LogP contribution in [0.25, 0.3) is 0 Å². The highest BCUT2D eigenvalue weighted by atomic mass is 16.3. The maximum absolute atomic E-state index is 5.66. The topological polar surface area (TPSA) is 42.4 Å². The molecular formula is C15H20N2O. The Morgan fingerprint density at radius 2 is 1.94 bits per heavy atom. The summed E-state index contributed by atoms with van der Waals surface area (Å²) < 4.78 is 5.46. The Morgan fingerprint density at radius 3 is 2.67 bits per heavy atom. The monoisotopic (exact) mass is 244 g/mol. The molecule has 0 aliphatic rings. The number of furan rings is 1. The van der Waals surface area contributed by atoms with E-state index in [1.165, 1.54) is 5.56 Å². The van der Waals surface area contributed by atoms with E-state index in [4.69, 9.17) is 10.2 Å². The van der Waals surface area contributed by atoms with Gasteiger partial charge in [-0.25, -0.2) is 0 Å². The van der Waals surface area contributed by atoms with Gasteiger partial charge in [0.15, 0.2) is 0 Å². The second-order valence-electron chi connectivity index (χ2n) is 4.55. The van der Waals surface area contributed by atoms with Crippen LogP contribution in [-0.2, 0) is 19.5 Å². The Hall–Kier alpha value is -1.58. The molecule has 1 aromatic heterocycles.